The fourth-order valence-corrected chi connectivity index (χ4v) is 3.02. The normalized spacial score (nSPS) is 10.6. The molecule has 0 unspecified atom stereocenters. The zero-order valence-electron chi connectivity index (χ0n) is 9.19. The maximum atomic E-state index is 5.26. The first-order valence-corrected chi connectivity index (χ1v) is 6.69. The van der Waals surface area contributed by atoms with E-state index in [1.165, 1.54) is 0 Å². The average Bonchev–Trinajstić information content (AvgIpc) is 2.94. The van der Waals surface area contributed by atoms with Gasteiger partial charge in [-0.05, 0) is 18.0 Å². The summed E-state index contributed by atoms with van der Waals surface area (Å²) in [7, 11) is 1.67. The van der Waals surface area contributed by atoms with Gasteiger partial charge in [0, 0.05) is 6.54 Å². The number of hydrogen-bond acceptors (Lipinski definition) is 6. The third kappa shape index (κ3) is 2.40. The van der Waals surface area contributed by atoms with Crippen molar-refractivity contribution in [1.29, 1.82) is 0 Å². The van der Waals surface area contributed by atoms with Crippen molar-refractivity contribution in [1.82, 2.24) is 15.5 Å². The van der Waals surface area contributed by atoms with Gasteiger partial charge in [0.1, 0.15) is 15.6 Å². The number of thiophene rings is 1. The van der Waals surface area contributed by atoms with Crippen LogP contribution in [0.5, 0.6) is 5.75 Å². The summed E-state index contributed by atoms with van der Waals surface area (Å²) in [6, 6.07) is 1.95. The highest BCUT2D eigenvalue weighted by Gasteiger charge is 2.12. The highest BCUT2D eigenvalue weighted by atomic mass is 32.1. The van der Waals surface area contributed by atoms with Crippen LogP contribution in [0.1, 0.15) is 11.9 Å². The van der Waals surface area contributed by atoms with Gasteiger partial charge in [0.2, 0.25) is 0 Å². The molecule has 0 aliphatic rings. The topological polar surface area (TPSA) is 47.0 Å². The second-order valence-corrected chi connectivity index (χ2v) is 5.08. The molecule has 0 saturated carbocycles. The summed E-state index contributed by atoms with van der Waals surface area (Å²) in [5.41, 5.74) is 0. The highest BCUT2D eigenvalue weighted by Crippen LogP contribution is 2.36. The van der Waals surface area contributed by atoms with Crippen LogP contribution in [0.2, 0.25) is 0 Å². The van der Waals surface area contributed by atoms with Crippen LogP contribution in [-0.4, -0.2) is 23.9 Å². The van der Waals surface area contributed by atoms with E-state index in [1.54, 1.807) is 29.8 Å². The van der Waals surface area contributed by atoms with Crippen LogP contribution in [0.15, 0.2) is 11.4 Å². The molecule has 86 valence electrons. The van der Waals surface area contributed by atoms with Crippen LogP contribution in [0.4, 0.5) is 0 Å². The van der Waals surface area contributed by atoms with Crippen molar-refractivity contribution in [3.05, 3.63) is 16.5 Å². The van der Waals surface area contributed by atoms with Crippen molar-refractivity contribution in [3.8, 4) is 15.6 Å². The summed E-state index contributed by atoms with van der Waals surface area (Å²) < 4.78 is 5.26. The Kier molecular flexibility index (Phi) is 3.87. The van der Waals surface area contributed by atoms with Gasteiger partial charge in [-0.25, -0.2) is 0 Å². The van der Waals surface area contributed by atoms with E-state index in [1.807, 2.05) is 11.4 Å². The smallest absolute Gasteiger partial charge is 0.161 e. The van der Waals surface area contributed by atoms with Crippen LogP contribution >= 0.6 is 22.7 Å². The molecule has 4 nitrogen and oxygen atoms in total. The Hall–Kier alpha value is -0.980. The SMILES string of the molecule is CCNCc1nnc(-c2sccc2OC)s1. The summed E-state index contributed by atoms with van der Waals surface area (Å²) in [5.74, 6) is 0.871. The number of methoxy groups -OCH3 is 1. The fraction of sp³-hybridized carbons (Fsp3) is 0.400. The van der Waals surface area contributed by atoms with Crippen LogP contribution in [0, 0.1) is 0 Å². The molecule has 1 N–H and O–H groups in total. The van der Waals surface area contributed by atoms with Crippen molar-refractivity contribution < 1.29 is 4.74 Å². The van der Waals surface area contributed by atoms with E-state index in [-0.39, 0.29) is 0 Å². The monoisotopic (exact) mass is 255 g/mol. The van der Waals surface area contributed by atoms with Gasteiger partial charge in [-0.15, -0.1) is 21.5 Å². The van der Waals surface area contributed by atoms with Gasteiger partial charge in [0.25, 0.3) is 0 Å². The third-order valence-electron chi connectivity index (χ3n) is 2.04. The molecular weight excluding hydrogens is 242 g/mol. The van der Waals surface area contributed by atoms with E-state index in [4.69, 9.17) is 4.74 Å². The number of nitrogens with one attached hydrogen (secondary N) is 1. The Balaban J connectivity index is 2.18. The van der Waals surface area contributed by atoms with E-state index in [2.05, 4.69) is 22.4 Å². The minimum atomic E-state index is 0.780. The molecule has 0 aromatic carbocycles. The zero-order chi connectivity index (χ0) is 11.4. The lowest BCUT2D eigenvalue weighted by atomic mass is 10.4. The zero-order valence-corrected chi connectivity index (χ0v) is 10.8. The fourth-order valence-electron chi connectivity index (χ4n) is 1.26. The molecule has 0 atom stereocenters. The molecule has 0 aliphatic carbocycles. The quantitative estimate of drug-likeness (QED) is 0.891. The molecule has 0 radical (unpaired) electrons. The molecule has 16 heavy (non-hydrogen) atoms. The van der Waals surface area contributed by atoms with Crippen LogP contribution in [0.25, 0.3) is 9.88 Å². The molecule has 0 spiro atoms. The Morgan fingerprint density at radius 1 is 1.44 bits per heavy atom. The van der Waals surface area contributed by atoms with E-state index < -0.39 is 0 Å². The number of rotatable bonds is 5. The maximum absolute atomic E-state index is 5.26. The Bertz CT molecular complexity index is 452. The van der Waals surface area contributed by atoms with Gasteiger partial charge in [-0.3, -0.25) is 0 Å². The lowest BCUT2D eigenvalue weighted by Crippen LogP contribution is -2.11. The molecule has 2 rings (SSSR count). The first-order chi connectivity index (χ1) is 7.85. The van der Waals surface area contributed by atoms with Crippen LogP contribution in [0.3, 0.4) is 0 Å². The lowest BCUT2D eigenvalue weighted by molar-refractivity contribution is 0.418. The molecular formula is C10H13N3OS2. The molecule has 0 fully saturated rings. The van der Waals surface area contributed by atoms with E-state index in [0.717, 1.165) is 33.7 Å². The molecule has 0 aliphatic heterocycles. The second-order valence-electron chi connectivity index (χ2n) is 3.10. The maximum Gasteiger partial charge on any atom is 0.161 e. The molecule has 0 saturated heterocycles. The van der Waals surface area contributed by atoms with E-state index in [0.29, 0.717) is 0 Å². The van der Waals surface area contributed by atoms with Gasteiger partial charge in [0.05, 0.1) is 7.11 Å². The third-order valence-corrected chi connectivity index (χ3v) is 4.01. The number of ether oxygens (including phenoxy) is 1. The molecule has 0 bridgehead atoms. The largest absolute Gasteiger partial charge is 0.495 e. The van der Waals surface area contributed by atoms with Gasteiger partial charge in [0.15, 0.2) is 5.01 Å². The standard InChI is InChI=1S/C10H13N3OS2/c1-3-11-6-8-12-13-10(16-8)9-7(14-2)4-5-15-9/h4-5,11H,3,6H2,1-2H3. The van der Waals surface area contributed by atoms with E-state index in [9.17, 15) is 0 Å². The van der Waals surface area contributed by atoms with Crippen molar-refractivity contribution in [2.24, 2.45) is 0 Å². The minimum Gasteiger partial charge on any atom is -0.495 e. The average molecular weight is 255 g/mol. The highest BCUT2D eigenvalue weighted by molar-refractivity contribution is 7.21. The Morgan fingerprint density at radius 2 is 2.31 bits per heavy atom. The predicted octanol–water partition coefficient (Wildman–Crippen LogP) is 2.38. The van der Waals surface area contributed by atoms with Gasteiger partial charge in [-0.2, -0.15) is 0 Å². The molecule has 0 amide bonds. The van der Waals surface area contributed by atoms with Crippen LogP contribution in [-0.2, 0) is 6.54 Å². The van der Waals surface area contributed by atoms with Crippen molar-refractivity contribution in [2.45, 2.75) is 13.5 Å². The molecule has 2 aromatic heterocycles. The summed E-state index contributed by atoms with van der Waals surface area (Å²) in [6.45, 7) is 3.79. The summed E-state index contributed by atoms with van der Waals surface area (Å²) in [6.07, 6.45) is 0. The number of nitrogens with zero attached hydrogens (tertiary/aromatic N) is 2. The van der Waals surface area contributed by atoms with Crippen LogP contribution < -0.4 is 10.1 Å². The van der Waals surface area contributed by atoms with Crippen molar-refractivity contribution in [3.63, 3.8) is 0 Å². The Labute approximate surface area is 102 Å². The first-order valence-electron chi connectivity index (χ1n) is 5.00. The molecule has 6 heteroatoms. The summed E-state index contributed by atoms with van der Waals surface area (Å²) in [5, 5.41) is 15.5. The predicted molar refractivity (Wildman–Crippen MR) is 67.2 cm³/mol. The number of aromatic nitrogens is 2. The second kappa shape index (κ2) is 5.38. The van der Waals surface area contributed by atoms with Crippen molar-refractivity contribution >= 4 is 22.7 Å². The lowest BCUT2D eigenvalue weighted by Gasteiger charge is -1.97. The number of hydrogen-bond donors (Lipinski definition) is 1. The first kappa shape index (κ1) is 11.5. The molecule has 2 aromatic rings. The van der Waals surface area contributed by atoms with Gasteiger partial charge < -0.3 is 10.1 Å². The minimum absolute atomic E-state index is 0.780. The summed E-state index contributed by atoms with van der Waals surface area (Å²) >= 11 is 3.23. The Morgan fingerprint density at radius 3 is 3.06 bits per heavy atom. The van der Waals surface area contributed by atoms with Crippen molar-refractivity contribution in [2.75, 3.05) is 13.7 Å². The summed E-state index contributed by atoms with van der Waals surface area (Å²) in [4.78, 5) is 1.06. The molecule has 2 heterocycles. The van der Waals surface area contributed by atoms with Gasteiger partial charge in [-0.1, -0.05) is 18.3 Å². The van der Waals surface area contributed by atoms with E-state index >= 15 is 0 Å². The van der Waals surface area contributed by atoms with Gasteiger partial charge >= 0.3 is 0 Å².